The van der Waals surface area contributed by atoms with Crippen LogP contribution >= 0.6 is 0 Å². The first kappa shape index (κ1) is 17.1. The van der Waals surface area contributed by atoms with Crippen molar-refractivity contribution in [1.82, 2.24) is 29.3 Å². The summed E-state index contributed by atoms with van der Waals surface area (Å²) in [6.07, 6.45) is 6.59. The summed E-state index contributed by atoms with van der Waals surface area (Å²) in [7, 11) is 1.82. The van der Waals surface area contributed by atoms with E-state index in [1.165, 1.54) is 0 Å². The molecule has 0 saturated heterocycles. The monoisotopic (exact) mass is 368 g/mol. The molecule has 27 heavy (non-hydrogen) atoms. The van der Waals surface area contributed by atoms with Crippen LogP contribution in [-0.2, 0) is 20.1 Å². The van der Waals surface area contributed by atoms with Crippen molar-refractivity contribution in [2.45, 2.75) is 26.1 Å². The number of aryl methyl sites for hydroxylation is 1. The highest BCUT2D eigenvalue weighted by Crippen LogP contribution is 2.26. The molecule has 9 heteroatoms. The third-order valence-electron chi connectivity index (χ3n) is 4.65. The SMILES string of the molecule is C[C@@H]1c2nc(C(=O)NCc3ccco3)cn2CCN1C(=O)c1cn(C)cn1. The normalized spacial score (nSPS) is 16.2. The standard InChI is InChI=1S/C18H20N6O3/c1-12-16-21-14(17(25)19-8-13-4-3-7-27-13)10-23(16)5-6-24(12)18(26)15-9-22(2)11-20-15/h3-4,7,9-12H,5-6,8H2,1-2H3,(H,19,25)/t12-/m1/s1. The topological polar surface area (TPSA) is 98.2 Å². The molecule has 2 amide bonds. The van der Waals surface area contributed by atoms with Crippen molar-refractivity contribution in [2.75, 3.05) is 6.54 Å². The molecule has 0 aliphatic carbocycles. The van der Waals surface area contributed by atoms with Crippen LogP contribution in [0.4, 0.5) is 0 Å². The number of carbonyl (C=O) groups excluding carboxylic acids is 2. The van der Waals surface area contributed by atoms with Crippen molar-refractivity contribution in [3.05, 3.63) is 60.1 Å². The Balaban J connectivity index is 1.49. The molecule has 140 valence electrons. The average Bonchev–Trinajstić information content (AvgIpc) is 3.40. The van der Waals surface area contributed by atoms with Crippen molar-refractivity contribution >= 4 is 11.8 Å². The van der Waals surface area contributed by atoms with Crippen LogP contribution in [0.3, 0.4) is 0 Å². The van der Waals surface area contributed by atoms with E-state index in [0.29, 0.717) is 42.6 Å². The van der Waals surface area contributed by atoms with E-state index in [1.807, 2.05) is 18.5 Å². The number of fused-ring (bicyclic) bond motifs is 1. The molecule has 0 bridgehead atoms. The molecule has 9 nitrogen and oxygen atoms in total. The van der Waals surface area contributed by atoms with Crippen LogP contribution in [0.25, 0.3) is 0 Å². The summed E-state index contributed by atoms with van der Waals surface area (Å²) < 4.78 is 8.88. The molecule has 1 aliphatic heterocycles. The Kier molecular flexibility index (Phi) is 4.27. The van der Waals surface area contributed by atoms with Crippen molar-refractivity contribution in [3.8, 4) is 0 Å². The maximum atomic E-state index is 12.7. The molecule has 1 aliphatic rings. The van der Waals surface area contributed by atoms with E-state index in [-0.39, 0.29) is 17.9 Å². The fourth-order valence-electron chi connectivity index (χ4n) is 3.22. The summed E-state index contributed by atoms with van der Waals surface area (Å²) >= 11 is 0. The van der Waals surface area contributed by atoms with Gasteiger partial charge in [-0.3, -0.25) is 9.59 Å². The van der Waals surface area contributed by atoms with Gasteiger partial charge in [0.25, 0.3) is 11.8 Å². The molecule has 0 spiro atoms. The van der Waals surface area contributed by atoms with Gasteiger partial charge in [-0.2, -0.15) is 0 Å². The number of rotatable bonds is 4. The van der Waals surface area contributed by atoms with Crippen molar-refractivity contribution in [2.24, 2.45) is 7.05 Å². The zero-order chi connectivity index (χ0) is 19.0. The molecule has 4 heterocycles. The first-order chi connectivity index (χ1) is 13.0. The second-order valence-electron chi connectivity index (χ2n) is 6.54. The van der Waals surface area contributed by atoms with Crippen LogP contribution in [0, 0.1) is 0 Å². The molecule has 1 atom stereocenters. The quantitative estimate of drug-likeness (QED) is 0.750. The second kappa shape index (κ2) is 6.75. The minimum atomic E-state index is -0.275. The largest absolute Gasteiger partial charge is 0.467 e. The van der Waals surface area contributed by atoms with Gasteiger partial charge in [0.15, 0.2) is 0 Å². The van der Waals surface area contributed by atoms with E-state index >= 15 is 0 Å². The number of imidazole rings is 2. The van der Waals surface area contributed by atoms with Crippen LogP contribution in [-0.4, -0.2) is 42.4 Å². The number of nitrogens with one attached hydrogen (secondary N) is 1. The number of aromatic nitrogens is 4. The Morgan fingerprint density at radius 3 is 2.85 bits per heavy atom. The van der Waals surface area contributed by atoms with Crippen LogP contribution in [0.15, 0.2) is 41.5 Å². The summed E-state index contributed by atoms with van der Waals surface area (Å²) in [5.74, 6) is 0.950. The Morgan fingerprint density at radius 1 is 1.30 bits per heavy atom. The van der Waals surface area contributed by atoms with E-state index in [4.69, 9.17) is 4.42 Å². The zero-order valence-corrected chi connectivity index (χ0v) is 15.1. The smallest absolute Gasteiger partial charge is 0.274 e. The van der Waals surface area contributed by atoms with Crippen LogP contribution in [0.5, 0.6) is 0 Å². The molecule has 0 saturated carbocycles. The summed E-state index contributed by atoms with van der Waals surface area (Å²) in [6.45, 7) is 3.32. The van der Waals surface area contributed by atoms with Gasteiger partial charge in [-0.25, -0.2) is 9.97 Å². The maximum absolute atomic E-state index is 12.7. The molecule has 0 aromatic carbocycles. The fourth-order valence-corrected chi connectivity index (χ4v) is 3.22. The van der Waals surface area contributed by atoms with E-state index in [1.54, 1.807) is 46.6 Å². The average molecular weight is 368 g/mol. The van der Waals surface area contributed by atoms with Crippen LogP contribution in [0.2, 0.25) is 0 Å². The van der Waals surface area contributed by atoms with Gasteiger partial charge in [-0.15, -0.1) is 0 Å². The van der Waals surface area contributed by atoms with Gasteiger partial charge in [0.05, 0.1) is 25.2 Å². The Morgan fingerprint density at radius 2 is 2.15 bits per heavy atom. The molecule has 0 unspecified atom stereocenters. The van der Waals surface area contributed by atoms with Crippen molar-refractivity contribution in [1.29, 1.82) is 0 Å². The van der Waals surface area contributed by atoms with E-state index in [0.717, 1.165) is 0 Å². The van der Waals surface area contributed by atoms with Gasteiger partial charge < -0.3 is 23.8 Å². The van der Waals surface area contributed by atoms with Gasteiger partial charge in [0, 0.05) is 32.5 Å². The van der Waals surface area contributed by atoms with Crippen molar-refractivity contribution in [3.63, 3.8) is 0 Å². The van der Waals surface area contributed by atoms with E-state index < -0.39 is 0 Å². The highest BCUT2D eigenvalue weighted by molar-refractivity contribution is 5.93. The maximum Gasteiger partial charge on any atom is 0.274 e. The third-order valence-corrected chi connectivity index (χ3v) is 4.65. The number of nitrogens with zero attached hydrogens (tertiary/aromatic N) is 5. The zero-order valence-electron chi connectivity index (χ0n) is 15.1. The summed E-state index contributed by atoms with van der Waals surface area (Å²) in [5.41, 5.74) is 0.733. The van der Waals surface area contributed by atoms with Crippen LogP contribution in [0.1, 0.15) is 45.5 Å². The molecule has 0 fully saturated rings. The highest BCUT2D eigenvalue weighted by atomic mass is 16.3. The lowest BCUT2D eigenvalue weighted by Gasteiger charge is -2.33. The summed E-state index contributed by atoms with van der Waals surface area (Å²) in [4.78, 5) is 35.4. The second-order valence-corrected chi connectivity index (χ2v) is 6.54. The van der Waals surface area contributed by atoms with Crippen molar-refractivity contribution < 1.29 is 14.0 Å². The molecule has 3 aromatic heterocycles. The van der Waals surface area contributed by atoms with Gasteiger partial charge in [0.1, 0.15) is 23.0 Å². The summed E-state index contributed by atoms with van der Waals surface area (Å²) in [5, 5.41) is 2.79. The Hall–Kier alpha value is -3.36. The molecular weight excluding hydrogens is 348 g/mol. The molecule has 3 aromatic rings. The number of hydrogen-bond donors (Lipinski definition) is 1. The first-order valence-electron chi connectivity index (χ1n) is 8.69. The number of hydrogen-bond acceptors (Lipinski definition) is 5. The predicted octanol–water partition coefficient (Wildman–Crippen LogP) is 1.36. The number of furan rings is 1. The minimum Gasteiger partial charge on any atom is -0.467 e. The lowest BCUT2D eigenvalue weighted by molar-refractivity contribution is 0.0632. The van der Waals surface area contributed by atoms with E-state index in [2.05, 4.69) is 15.3 Å². The van der Waals surface area contributed by atoms with Crippen LogP contribution < -0.4 is 5.32 Å². The number of amides is 2. The molecule has 1 N–H and O–H groups in total. The first-order valence-corrected chi connectivity index (χ1v) is 8.69. The lowest BCUT2D eigenvalue weighted by atomic mass is 10.2. The molecular formula is C18H20N6O3. The summed E-state index contributed by atoms with van der Waals surface area (Å²) in [6, 6.07) is 3.31. The van der Waals surface area contributed by atoms with Gasteiger partial charge in [-0.1, -0.05) is 0 Å². The van der Waals surface area contributed by atoms with E-state index in [9.17, 15) is 9.59 Å². The lowest BCUT2D eigenvalue weighted by Crippen LogP contribution is -2.41. The minimum absolute atomic E-state index is 0.138. The highest BCUT2D eigenvalue weighted by Gasteiger charge is 2.32. The predicted molar refractivity (Wildman–Crippen MR) is 94.8 cm³/mol. The molecule has 4 rings (SSSR count). The third kappa shape index (κ3) is 3.23. The Labute approximate surface area is 155 Å². The fraction of sp³-hybridized carbons (Fsp3) is 0.333. The van der Waals surface area contributed by atoms with Gasteiger partial charge >= 0.3 is 0 Å². The van der Waals surface area contributed by atoms with Gasteiger partial charge in [-0.05, 0) is 19.1 Å². The van der Waals surface area contributed by atoms with Gasteiger partial charge in [0.2, 0.25) is 0 Å². The molecule has 0 radical (unpaired) electrons. The Bertz CT molecular complexity index is 971. The number of carbonyl (C=O) groups is 2.